The van der Waals surface area contributed by atoms with E-state index in [4.69, 9.17) is 0 Å². The fourth-order valence-electron chi connectivity index (χ4n) is 4.07. The van der Waals surface area contributed by atoms with E-state index >= 15 is 0 Å². The van der Waals surface area contributed by atoms with Crippen molar-refractivity contribution >= 4 is 31.6 Å². The van der Waals surface area contributed by atoms with Crippen LogP contribution in [0, 0.1) is 0 Å². The standard InChI is InChI=1S/C23H29N3O5S2/c27-23(24-18-7-3-1-4-8-18)17-26(20-11-12-20)33(30,31)22-15-13-21(14-16-22)32(28,29)25-19-9-5-2-6-10-19/h1,3-4,7-8,13-16,19-20,25H,2,5-6,9-12,17H2,(H,24,27). The lowest BCUT2D eigenvalue weighted by atomic mass is 9.96. The van der Waals surface area contributed by atoms with Gasteiger partial charge in [0.2, 0.25) is 26.0 Å². The van der Waals surface area contributed by atoms with E-state index in [1.54, 1.807) is 24.3 Å². The largest absolute Gasteiger partial charge is 0.325 e. The molecule has 0 saturated heterocycles. The average Bonchev–Trinajstić information content (AvgIpc) is 3.64. The lowest BCUT2D eigenvalue weighted by Gasteiger charge is -2.23. The van der Waals surface area contributed by atoms with Crippen LogP contribution in [0.25, 0.3) is 0 Å². The third-order valence-electron chi connectivity index (χ3n) is 5.98. The highest BCUT2D eigenvalue weighted by molar-refractivity contribution is 7.89. The summed E-state index contributed by atoms with van der Waals surface area (Å²) in [7, 11) is -7.68. The molecular weight excluding hydrogens is 462 g/mol. The van der Waals surface area contributed by atoms with Crippen molar-refractivity contribution in [3.63, 3.8) is 0 Å². The molecule has 0 atom stereocenters. The van der Waals surface area contributed by atoms with Gasteiger partial charge in [0.25, 0.3) is 0 Å². The Kier molecular flexibility index (Phi) is 7.18. The van der Waals surface area contributed by atoms with Crippen molar-refractivity contribution in [2.45, 2.75) is 66.8 Å². The molecule has 8 nitrogen and oxygen atoms in total. The summed E-state index contributed by atoms with van der Waals surface area (Å²) in [5.74, 6) is -0.424. The van der Waals surface area contributed by atoms with Crippen molar-refractivity contribution in [1.82, 2.24) is 9.03 Å². The minimum absolute atomic E-state index is 0.0291. The monoisotopic (exact) mass is 491 g/mol. The fraction of sp³-hybridized carbons (Fsp3) is 0.435. The van der Waals surface area contributed by atoms with Gasteiger partial charge in [0.15, 0.2) is 0 Å². The number of hydrogen-bond acceptors (Lipinski definition) is 5. The first-order valence-corrected chi connectivity index (χ1v) is 14.2. The Labute approximate surface area is 195 Å². The zero-order valence-corrected chi connectivity index (χ0v) is 19.9. The van der Waals surface area contributed by atoms with Crippen LogP contribution in [0.5, 0.6) is 0 Å². The van der Waals surface area contributed by atoms with Gasteiger partial charge in [-0.25, -0.2) is 21.6 Å². The Balaban J connectivity index is 1.47. The first kappa shape index (κ1) is 23.9. The molecule has 0 heterocycles. The van der Waals surface area contributed by atoms with E-state index in [0.29, 0.717) is 18.5 Å². The number of anilines is 1. The van der Waals surface area contributed by atoms with Crippen molar-refractivity contribution in [3.8, 4) is 0 Å². The second kappa shape index (κ2) is 9.92. The summed E-state index contributed by atoms with van der Waals surface area (Å²) in [5.41, 5.74) is 0.593. The molecule has 2 aliphatic carbocycles. The van der Waals surface area contributed by atoms with Gasteiger partial charge in [-0.05, 0) is 62.1 Å². The van der Waals surface area contributed by atoms with E-state index < -0.39 is 26.0 Å². The molecule has 4 rings (SSSR count). The van der Waals surface area contributed by atoms with Gasteiger partial charge in [-0.15, -0.1) is 0 Å². The van der Waals surface area contributed by atoms with Crippen LogP contribution >= 0.6 is 0 Å². The highest BCUT2D eigenvalue weighted by Gasteiger charge is 2.39. The predicted octanol–water partition coefficient (Wildman–Crippen LogP) is 3.09. The molecule has 2 saturated carbocycles. The number of nitrogens with one attached hydrogen (secondary N) is 2. The molecule has 0 bridgehead atoms. The predicted molar refractivity (Wildman–Crippen MR) is 126 cm³/mol. The van der Waals surface area contributed by atoms with Gasteiger partial charge in [-0.1, -0.05) is 37.5 Å². The van der Waals surface area contributed by atoms with Gasteiger partial charge in [0.1, 0.15) is 0 Å². The van der Waals surface area contributed by atoms with Crippen LogP contribution in [-0.2, 0) is 24.8 Å². The topological polar surface area (TPSA) is 113 Å². The summed E-state index contributed by atoms with van der Waals surface area (Å²) < 4.78 is 55.9. The molecule has 2 fully saturated rings. The molecule has 2 N–H and O–H groups in total. The van der Waals surface area contributed by atoms with Gasteiger partial charge in [-0.3, -0.25) is 4.79 Å². The number of benzene rings is 2. The van der Waals surface area contributed by atoms with E-state index in [0.717, 1.165) is 32.1 Å². The van der Waals surface area contributed by atoms with Gasteiger partial charge >= 0.3 is 0 Å². The molecule has 0 radical (unpaired) electrons. The molecule has 0 unspecified atom stereocenters. The average molecular weight is 492 g/mol. The summed E-state index contributed by atoms with van der Waals surface area (Å²) in [5, 5.41) is 2.71. The summed E-state index contributed by atoms with van der Waals surface area (Å²) in [6, 6.07) is 13.8. The van der Waals surface area contributed by atoms with Crippen LogP contribution in [0.3, 0.4) is 0 Å². The first-order valence-electron chi connectivity index (χ1n) is 11.2. The first-order chi connectivity index (χ1) is 15.8. The van der Waals surface area contributed by atoms with Crippen molar-refractivity contribution in [1.29, 1.82) is 0 Å². The fourth-order valence-corrected chi connectivity index (χ4v) is 7.02. The molecule has 0 aromatic heterocycles. The quantitative estimate of drug-likeness (QED) is 0.560. The SMILES string of the molecule is O=C(CN(C1CC1)S(=O)(=O)c1ccc(S(=O)(=O)NC2CCCCC2)cc1)Nc1ccccc1. The summed E-state index contributed by atoms with van der Waals surface area (Å²) in [6.07, 6.45) is 6.12. The number of amides is 1. The number of nitrogens with zero attached hydrogens (tertiary/aromatic N) is 1. The smallest absolute Gasteiger partial charge is 0.243 e. The molecule has 2 aromatic carbocycles. The highest BCUT2D eigenvalue weighted by Crippen LogP contribution is 2.32. The lowest BCUT2D eigenvalue weighted by Crippen LogP contribution is -2.39. The molecule has 1 amide bonds. The maximum Gasteiger partial charge on any atom is 0.243 e. The number of carbonyl (C=O) groups excluding carboxylic acids is 1. The zero-order chi connectivity index (χ0) is 23.5. The van der Waals surface area contributed by atoms with Crippen LogP contribution in [-0.4, -0.2) is 45.7 Å². The molecule has 0 spiro atoms. The molecule has 2 aromatic rings. The van der Waals surface area contributed by atoms with E-state index in [2.05, 4.69) is 10.0 Å². The Morgan fingerprint density at radius 1 is 0.818 bits per heavy atom. The van der Waals surface area contributed by atoms with E-state index in [1.807, 2.05) is 6.07 Å². The Morgan fingerprint density at radius 2 is 1.42 bits per heavy atom. The minimum atomic E-state index is -3.96. The maximum atomic E-state index is 13.3. The normalized spacial score (nSPS) is 17.7. The Hall–Kier alpha value is -2.27. The highest BCUT2D eigenvalue weighted by atomic mass is 32.2. The van der Waals surface area contributed by atoms with Crippen molar-refractivity contribution < 1.29 is 21.6 Å². The summed E-state index contributed by atoms with van der Waals surface area (Å²) >= 11 is 0. The van der Waals surface area contributed by atoms with Crippen molar-refractivity contribution in [2.75, 3.05) is 11.9 Å². The molecule has 10 heteroatoms. The van der Waals surface area contributed by atoms with Crippen molar-refractivity contribution in [3.05, 3.63) is 54.6 Å². The third-order valence-corrected chi connectivity index (χ3v) is 9.43. The summed E-state index contributed by atoms with van der Waals surface area (Å²) in [6.45, 7) is -0.300. The van der Waals surface area contributed by atoms with Gasteiger partial charge in [-0.2, -0.15) is 4.31 Å². The molecule has 33 heavy (non-hydrogen) atoms. The minimum Gasteiger partial charge on any atom is -0.325 e. The second-order valence-corrected chi connectivity index (χ2v) is 12.2. The molecular formula is C23H29N3O5S2. The second-order valence-electron chi connectivity index (χ2n) is 8.62. The van der Waals surface area contributed by atoms with E-state index in [-0.39, 0.29) is 28.4 Å². The molecule has 0 aliphatic heterocycles. The van der Waals surface area contributed by atoms with Crippen LogP contribution in [0.4, 0.5) is 5.69 Å². The number of hydrogen-bond donors (Lipinski definition) is 2. The lowest BCUT2D eigenvalue weighted by molar-refractivity contribution is -0.116. The van der Waals surface area contributed by atoms with Crippen molar-refractivity contribution in [2.24, 2.45) is 0 Å². The molecule has 178 valence electrons. The number of carbonyl (C=O) groups is 1. The Bertz CT molecular complexity index is 1170. The van der Waals surface area contributed by atoms with Crippen LogP contribution in [0.2, 0.25) is 0 Å². The number of sulfonamides is 2. The van der Waals surface area contributed by atoms with Gasteiger partial charge in [0.05, 0.1) is 16.3 Å². The van der Waals surface area contributed by atoms with Gasteiger partial charge < -0.3 is 5.32 Å². The van der Waals surface area contributed by atoms with Crippen LogP contribution < -0.4 is 10.0 Å². The summed E-state index contributed by atoms with van der Waals surface area (Å²) in [4.78, 5) is 12.5. The van der Waals surface area contributed by atoms with E-state index in [1.165, 1.54) is 28.6 Å². The zero-order valence-electron chi connectivity index (χ0n) is 18.3. The molecule has 2 aliphatic rings. The van der Waals surface area contributed by atoms with Crippen LogP contribution in [0.15, 0.2) is 64.4 Å². The van der Waals surface area contributed by atoms with Crippen LogP contribution in [0.1, 0.15) is 44.9 Å². The van der Waals surface area contributed by atoms with Gasteiger partial charge in [0, 0.05) is 17.8 Å². The number of para-hydroxylation sites is 1. The maximum absolute atomic E-state index is 13.3. The Morgan fingerprint density at radius 3 is 2.03 bits per heavy atom. The third kappa shape index (κ3) is 6.00. The van der Waals surface area contributed by atoms with E-state index in [9.17, 15) is 21.6 Å². The number of rotatable bonds is 9.